The van der Waals surface area contributed by atoms with E-state index >= 15 is 0 Å². The zero-order valence-electron chi connectivity index (χ0n) is 12.6. The first kappa shape index (κ1) is 16.5. The Balaban J connectivity index is 2.33. The lowest BCUT2D eigenvalue weighted by Crippen LogP contribution is -2.20. The van der Waals surface area contributed by atoms with Gasteiger partial charge in [0.05, 0.1) is 12.2 Å². The third kappa shape index (κ3) is 4.06. The molecule has 0 spiro atoms. The number of ketones is 2. The van der Waals surface area contributed by atoms with Crippen molar-refractivity contribution in [2.24, 2.45) is 0 Å². The summed E-state index contributed by atoms with van der Waals surface area (Å²) in [5.74, 6) is -0.283. The first-order chi connectivity index (χ1) is 10.5. The van der Waals surface area contributed by atoms with Crippen LogP contribution in [-0.4, -0.2) is 28.1 Å². The summed E-state index contributed by atoms with van der Waals surface area (Å²) >= 11 is -1.08. The van der Waals surface area contributed by atoms with Crippen LogP contribution in [0.5, 0.6) is 0 Å². The van der Waals surface area contributed by atoms with Crippen LogP contribution in [0.15, 0.2) is 54.6 Å². The second-order valence-electron chi connectivity index (χ2n) is 5.22. The summed E-state index contributed by atoms with van der Waals surface area (Å²) in [7, 11) is 0. The molecule has 0 unspecified atom stereocenters. The largest absolute Gasteiger partial charge is 0.617 e. The minimum absolute atomic E-state index is 0.0421. The van der Waals surface area contributed by atoms with E-state index in [1.807, 2.05) is 18.2 Å². The Morgan fingerprint density at radius 2 is 1.68 bits per heavy atom. The fourth-order valence-electron chi connectivity index (χ4n) is 2.34. The monoisotopic (exact) mass is 314 g/mol. The maximum atomic E-state index is 12.5. The van der Waals surface area contributed by atoms with Crippen molar-refractivity contribution in [3.63, 3.8) is 0 Å². The standard InChI is InChI=1S/C18H18O3S/c1-13(19)17(12-22(2)21)15-9-6-10-16(11-15)18(20)14-7-4-3-5-8-14/h3-11,17H,12H2,1-2H3/t17-,22-/m0/s1. The first-order valence-corrected chi connectivity index (χ1v) is 8.72. The van der Waals surface area contributed by atoms with Crippen molar-refractivity contribution in [1.82, 2.24) is 0 Å². The highest BCUT2D eigenvalue weighted by Crippen LogP contribution is 2.21. The fourth-order valence-corrected chi connectivity index (χ4v) is 3.23. The van der Waals surface area contributed by atoms with Crippen LogP contribution in [0.3, 0.4) is 0 Å². The Morgan fingerprint density at radius 3 is 2.27 bits per heavy atom. The predicted octanol–water partition coefficient (Wildman–Crippen LogP) is 2.97. The molecule has 0 radical (unpaired) electrons. The molecule has 0 fully saturated rings. The average Bonchev–Trinajstić information content (AvgIpc) is 2.52. The van der Waals surface area contributed by atoms with Crippen LogP contribution >= 0.6 is 0 Å². The van der Waals surface area contributed by atoms with Crippen LogP contribution in [0.25, 0.3) is 0 Å². The van der Waals surface area contributed by atoms with E-state index in [9.17, 15) is 14.1 Å². The molecule has 0 heterocycles. The molecular formula is C18H18O3S. The average molecular weight is 314 g/mol. The Hall–Kier alpha value is -1.91. The molecule has 0 saturated carbocycles. The molecule has 2 aromatic carbocycles. The topological polar surface area (TPSA) is 57.2 Å². The molecule has 0 amide bonds. The summed E-state index contributed by atoms with van der Waals surface area (Å²) < 4.78 is 11.5. The van der Waals surface area contributed by atoms with Crippen molar-refractivity contribution in [3.05, 3.63) is 71.3 Å². The summed E-state index contributed by atoms with van der Waals surface area (Å²) in [6, 6.07) is 16.0. The van der Waals surface area contributed by atoms with E-state index in [4.69, 9.17) is 0 Å². The Morgan fingerprint density at radius 1 is 1.05 bits per heavy atom. The highest BCUT2D eigenvalue weighted by atomic mass is 32.2. The van der Waals surface area contributed by atoms with E-state index in [1.165, 1.54) is 6.92 Å². The maximum absolute atomic E-state index is 12.5. The summed E-state index contributed by atoms with van der Waals surface area (Å²) in [6.45, 7) is 1.49. The second-order valence-corrected chi connectivity index (χ2v) is 6.70. The Kier molecular flexibility index (Phi) is 5.52. The zero-order chi connectivity index (χ0) is 16.1. The van der Waals surface area contributed by atoms with E-state index in [0.29, 0.717) is 11.1 Å². The van der Waals surface area contributed by atoms with Crippen molar-refractivity contribution < 1.29 is 14.1 Å². The number of benzene rings is 2. The first-order valence-electron chi connectivity index (χ1n) is 6.99. The number of carbonyl (C=O) groups excluding carboxylic acids is 2. The van der Waals surface area contributed by atoms with Crippen LogP contribution < -0.4 is 0 Å². The smallest absolute Gasteiger partial charge is 0.193 e. The lowest BCUT2D eigenvalue weighted by atomic mass is 9.93. The van der Waals surface area contributed by atoms with Gasteiger partial charge in [0.1, 0.15) is 11.5 Å². The van der Waals surface area contributed by atoms with Gasteiger partial charge in [-0.25, -0.2) is 0 Å². The van der Waals surface area contributed by atoms with Crippen LogP contribution in [-0.2, 0) is 16.0 Å². The molecule has 22 heavy (non-hydrogen) atoms. The molecular weight excluding hydrogens is 296 g/mol. The van der Waals surface area contributed by atoms with E-state index in [1.54, 1.807) is 42.7 Å². The van der Waals surface area contributed by atoms with Crippen LogP contribution in [0, 0.1) is 0 Å². The van der Waals surface area contributed by atoms with Gasteiger partial charge < -0.3 is 4.55 Å². The van der Waals surface area contributed by atoms with Crippen molar-refractivity contribution >= 4 is 22.7 Å². The van der Waals surface area contributed by atoms with Gasteiger partial charge in [-0.2, -0.15) is 0 Å². The van der Waals surface area contributed by atoms with Crippen LogP contribution in [0.2, 0.25) is 0 Å². The van der Waals surface area contributed by atoms with Gasteiger partial charge in [-0.1, -0.05) is 59.7 Å². The highest BCUT2D eigenvalue weighted by Gasteiger charge is 2.22. The van der Waals surface area contributed by atoms with Crippen LogP contribution in [0.4, 0.5) is 0 Å². The Bertz CT molecular complexity index is 665. The molecule has 3 nitrogen and oxygen atoms in total. The van der Waals surface area contributed by atoms with Crippen LogP contribution in [0.1, 0.15) is 34.3 Å². The lowest BCUT2D eigenvalue weighted by molar-refractivity contribution is -0.118. The number of hydrogen-bond donors (Lipinski definition) is 0. The Labute approximate surface area is 133 Å². The lowest BCUT2D eigenvalue weighted by Gasteiger charge is -2.15. The molecule has 2 aromatic rings. The third-order valence-electron chi connectivity index (χ3n) is 3.48. The number of hydrogen-bond acceptors (Lipinski definition) is 3. The molecule has 0 saturated heterocycles. The third-order valence-corrected chi connectivity index (χ3v) is 4.28. The molecule has 0 aromatic heterocycles. The molecule has 114 valence electrons. The minimum Gasteiger partial charge on any atom is -0.617 e. The number of carbonyl (C=O) groups is 2. The fraction of sp³-hybridized carbons (Fsp3) is 0.222. The number of Topliss-reactive ketones (excluding diaryl/α,β-unsaturated/α-hetero) is 1. The molecule has 2 rings (SSSR count). The van der Waals surface area contributed by atoms with E-state index in [-0.39, 0.29) is 17.3 Å². The molecule has 2 atom stereocenters. The summed E-state index contributed by atoms with van der Waals surface area (Å²) in [4.78, 5) is 24.3. The molecule has 0 N–H and O–H groups in total. The van der Waals surface area contributed by atoms with E-state index in [0.717, 1.165) is 5.56 Å². The predicted molar refractivity (Wildman–Crippen MR) is 88.7 cm³/mol. The van der Waals surface area contributed by atoms with Gasteiger partial charge in [0.15, 0.2) is 5.78 Å². The van der Waals surface area contributed by atoms with Crippen molar-refractivity contribution in [2.75, 3.05) is 12.0 Å². The van der Waals surface area contributed by atoms with Gasteiger partial charge in [-0.15, -0.1) is 0 Å². The molecule has 0 aliphatic rings. The molecule has 0 aliphatic carbocycles. The van der Waals surface area contributed by atoms with E-state index < -0.39 is 17.1 Å². The van der Waals surface area contributed by atoms with Crippen molar-refractivity contribution in [2.45, 2.75) is 12.8 Å². The van der Waals surface area contributed by atoms with Gasteiger partial charge >= 0.3 is 0 Å². The minimum atomic E-state index is -1.08. The summed E-state index contributed by atoms with van der Waals surface area (Å²) in [5.41, 5.74) is 1.89. The van der Waals surface area contributed by atoms with Gasteiger partial charge in [-0.3, -0.25) is 9.59 Å². The van der Waals surface area contributed by atoms with Crippen molar-refractivity contribution in [3.8, 4) is 0 Å². The highest BCUT2D eigenvalue weighted by molar-refractivity contribution is 7.90. The summed E-state index contributed by atoms with van der Waals surface area (Å²) in [5, 5.41) is 0. The van der Waals surface area contributed by atoms with Gasteiger partial charge in [0.25, 0.3) is 0 Å². The quantitative estimate of drug-likeness (QED) is 0.608. The number of rotatable bonds is 6. The molecule has 0 aliphatic heterocycles. The van der Waals surface area contributed by atoms with E-state index in [2.05, 4.69) is 0 Å². The van der Waals surface area contributed by atoms with Gasteiger partial charge in [0, 0.05) is 11.1 Å². The normalized spacial score (nSPS) is 13.4. The second kappa shape index (κ2) is 7.38. The molecule has 4 heteroatoms. The maximum Gasteiger partial charge on any atom is 0.193 e. The van der Waals surface area contributed by atoms with Gasteiger partial charge in [0.2, 0.25) is 0 Å². The SMILES string of the molecule is CC(=O)[C@H](C[S@+](C)[O-])c1cccc(C(=O)c2ccccc2)c1. The molecule has 0 bridgehead atoms. The van der Waals surface area contributed by atoms with Gasteiger partial charge in [-0.05, 0) is 18.6 Å². The summed E-state index contributed by atoms with van der Waals surface area (Å²) in [6.07, 6.45) is 1.58. The van der Waals surface area contributed by atoms with Crippen molar-refractivity contribution in [1.29, 1.82) is 0 Å². The zero-order valence-corrected chi connectivity index (χ0v) is 13.4.